The molecule has 2 saturated carbocycles. The van der Waals surface area contributed by atoms with Gasteiger partial charge in [-0.15, -0.1) is 0 Å². The standard InChI is InChI=1S/C21H33N3O2/c1-23(2)21(17-7-4-3-5-8-17)13-11-19(12-14-21)15-22-18(25)24(19)16-20(26)9-6-10-20/h3-5,7-8,18,22,25-26H,6,9-16H2,1-2H3/t18?,19-,21+. The van der Waals surface area contributed by atoms with Crippen LogP contribution in [0.5, 0.6) is 0 Å². The molecule has 1 saturated heterocycles. The number of hydrogen-bond acceptors (Lipinski definition) is 5. The third kappa shape index (κ3) is 2.90. The highest BCUT2D eigenvalue weighted by atomic mass is 16.3. The van der Waals surface area contributed by atoms with Crippen molar-refractivity contribution < 1.29 is 10.2 Å². The van der Waals surface area contributed by atoms with Gasteiger partial charge in [0, 0.05) is 24.2 Å². The van der Waals surface area contributed by atoms with Gasteiger partial charge in [0.05, 0.1) is 5.60 Å². The third-order valence-corrected chi connectivity index (χ3v) is 7.44. The maximum atomic E-state index is 10.7. The van der Waals surface area contributed by atoms with Crippen LogP contribution in [0.3, 0.4) is 0 Å². The second-order valence-electron chi connectivity index (χ2n) is 8.98. The number of rotatable bonds is 4. The van der Waals surface area contributed by atoms with E-state index in [2.05, 4.69) is 59.5 Å². The molecule has 0 amide bonds. The molecular formula is C21H33N3O2. The summed E-state index contributed by atoms with van der Waals surface area (Å²) in [4.78, 5) is 4.54. The van der Waals surface area contributed by atoms with Crippen LogP contribution >= 0.6 is 0 Å². The van der Waals surface area contributed by atoms with Crippen LogP contribution in [0.1, 0.15) is 50.5 Å². The summed E-state index contributed by atoms with van der Waals surface area (Å²) in [5, 5.41) is 24.5. The van der Waals surface area contributed by atoms with Crippen LogP contribution in [-0.2, 0) is 5.54 Å². The lowest BCUT2D eigenvalue weighted by Crippen LogP contribution is -2.60. The Labute approximate surface area is 157 Å². The first-order chi connectivity index (χ1) is 12.4. The van der Waals surface area contributed by atoms with E-state index in [1.54, 1.807) is 0 Å². The van der Waals surface area contributed by atoms with Gasteiger partial charge < -0.3 is 10.2 Å². The van der Waals surface area contributed by atoms with Gasteiger partial charge in [-0.2, -0.15) is 0 Å². The van der Waals surface area contributed by atoms with E-state index in [-0.39, 0.29) is 11.1 Å². The molecule has 1 aliphatic heterocycles. The van der Waals surface area contributed by atoms with E-state index >= 15 is 0 Å². The lowest BCUT2D eigenvalue weighted by atomic mass is 9.68. The largest absolute Gasteiger partial charge is 0.389 e. The molecule has 144 valence electrons. The molecule has 1 spiro atoms. The zero-order valence-corrected chi connectivity index (χ0v) is 16.1. The lowest BCUT2D eigenvalue weighted by molar-refractivity contribution is -0.127. The van der Waals surface area contributed by atoms with E-state index in [4.69, 9.17) is 0 Å². The molecule has 1 unspecified atom stereocenters. The van der Waals surface area contributed by atoms with Gasteiger partial charge in [0.15, 0.2) is 6.35 Å². The van der Waals surface area contributed by atoms with Gasteiger partial charge in [-0.3, -0.25) is 15.1 Å². The predicted octanol–water partition coefficient (Wildman–Crippen LogP) is 1.85. The summed E-state index contributed by atoms with van der Waals surface area (Å²) in [5.41, 5.74) is 0.795. The first-order valence-electron chi connectivity index (χ1n) is 10.0. The Balaban J connectivity index is 1.55. The van der Waals surface area contributed by atoms with Crippen LogP contribution in [0.15, 0.2) is 30.3 Å². The maximum Gasteiger partial charge on any atom is 0.163 e. The number of aliphatic hydroxyl groups excluding tert-OH is 1. The number of nitrogens with zero attached hydrogens (tertiary/aromatic N) is 2. The number of aliphatic hydroxyl groups is 2. The average molecular weight is 360 g/mol. The summed E-state index contributed by atoms with van der Waals surface area (Å²) in [6, 6.07) is 10.8. The van der Waals surface area contributed by atoms with Gasteiger partial charge in [0.2, 0.25) is 0 Å². The molecule has 0 bridgehead atoms. The van der Waals surface area contributed by atoms with E-state index in [1.807, 2.05) is 0 Å². The summed E-state index contributed by atoms with van der Waals surface area (Å²) in [6.45, 7) is 1.39. The highest BCUT2D eigenvalue weighted by Crippen LogP contribution is 2.48. The molecule has 0 radical (unpaired) electrons. The van der Waals surface area contributed by atoms with Gasteiger partial charge in [0.25, 0.3) is 0 Å². The van der Waals surface area contributed by atoms with Crippen molar-refractivity contribution in [1.29, 1.82) is 0 Å². The van der Waals surface area contributed by atoms with Crippen molar-refractivity contribution in [3.05, 3.63) is 35.9 Å². The Morgan fingerprint density at radius 1 is 1.08 bits per heavy atom. The molecule has 1 aromatic carbocycles. The molecule has 3 fully saturated rings. The van der Waals surface area contributed by atoms with Crippen LogP contribution in [0.2, 0.25) is 0 Å². The lowest BCUT2D eigenvalue weighted by Gasteiger charge is -2.53. The summed E-state index contributed by atoms with van der Waals surface area (Å²) in [7, 11) is 4.36. The fourth-order valence-corrected chi connectivity index (χ4v) is 5.40. The highest BCUT2D eigenvalue weighted by molar-refractivity contribution is 5.26. The number of nitrogens with one attached hydrogen (secondary N) is 1. The van der Waals surface area contributed by atoms with Crippen molar-refractivity contribution in [3.8, 4) is 0 Å². The van der Waals surface area contributed by atoms with Crippen molar-refractivity contribution in [3.63, 3.8) is 0 Å². The van der Waals surface area contributed by atoms with Crippen molar-refractivity contribution in [2.75, 3.05) is 27.2 Å². The Kier molecular flexibility index (Phi) is 4.65. The van der Waals surface area contributed by atoms with Crippen LogP contribution in [0.4, 0.5) is 0 Å². The Morgan fingerprint density at radius 3 is 2.27 bits per heavy atom. The molecule has 26 heavy (non-hydrogen) atoms. The molecule has 5 nitrogen and oxygen atoms in total. The average Bonchev–Trinajstić information content (AvgIpc) is 2.91. The second kappa shape index (κ2) is 6.57. The molecule has 1 aromatic rings. The minimum Gasteiger partial charge on any atom is -0.389 e. The van der Waals surface area contributed by atoms with Crippen molar-refractivity contribution in [1.82, 2.24) is 15.1 Å². The minimum absolute atomic E-state index is 0.0426. The Bertz CT molecular complexity index is 621. The van der Waals surface area contributed by atoms with Crippen molar-refractivity contribution >= 4 is 0 Å². The van der Waals surface area contributed by atoms with Crippen LogP contribution in [-0.4, -0.2) is 64.7 Å². The van der Waals surface area contributed by atoms with Gasteiger partial charge in [-0.25, -0.2) is 0 Å². The highest BCUT2D eigenvalue weighted by Gasteiger charge is 2.54. The molecular weight excluding hydrogens is 326 g/mol. The maximum absolute atomic E-state index is 10.7. The fraction of sp³-hybridized carbons (Fsp3) is 0.714. The van der Waals surface area contributed by atoms with Gasteiger partial charge >= 0.3 is 0 Å². The smallest absolute Gasteiger partial charge is 0.163 e. The fourth-order valence-electron chi connectivity index (χ4n) is 5.40. The topological polar surface area (TPSA) is 59.0 Å². The van der Waals surface area contributed by atoms with E-state index in [0.717, 1.165) is 51.5 Å². The normalized spacial score (nSPS) is 37.2. The van der Waals surface area contributed by atoms with Crippen molar-refractivity contribution in [2.45, 2.75) is 68.0 Å². The summed E-state index contributed by atoms with van der Waals surface area (Å²) >= 11 is 0. The molecule has 1 atom stereocenters. The number of hydrogen-bond donors (Lipinski definition) is 3. The number of β-amino-alcohol motifs (C(OH)–C–C–N with tert-alkyl or cyclic N) is 1. The predicted molar refractivity (Wildman–Crippen MR) is 103 cm³/mol. The monoisotopic (exact) mass is 359 g/mol. The molecule has 4 rings (SSSR count). The Morgan fingerprint density at radius 2 is 1.73 bits per heavy atom. The first-order valence-corrected chi connectivity index (χ1v) is 10.0. The van der Waals surface area contributed by atoms with E-state index in [0.29, 0.717) is 6.54 Å². The zero-order valence-electron chi connectivity index (χ0n) is 16.1. The quantitative estimate of drug-likeness (QED) is 0.766. The van der Waals surface area contributed by atoms with Gasteiger partial charge in [0.1, 0.15) is 0 Å². The van der Waals surface area contributed by atoms with E-state index in [9.17, 15) is 10.2 Å². The van der Waals surface area contributed by atoms with E-state index < -0.39 is 12.0 Å². The summed E-state index contributed by atoms with van der Waals surface area (Å²) in [6.07, 6.45) is 6.36. The van der Waals surface area contributed by atoms with Crippen LogP contribution in [0.25, 0.3) is 0 Å². The third-order valence-electron chi connectivity index (χ3n) is 7.44. The second-order valence-corrected chi connectivity index (χ2v) is 8.98. The van der Waals surface area contributed by atoms with Crippen molar-refractivity contribution in [2.24, 2.45) is 0 Å². The number of benzene rings is 1. The summed E-state index contributed by atoms with van der Waals surface area (Å²) < 4.78 is 0. The van der Waals surface area contributed by atoms with Crippen LogP contribution < -0.4 is 5.32 Å². The van der Waals surface area contributed by atoms with Gasteiger partial charge in [-0.1, -0.05) is 30.3 Å². The molecule has 3 aliphatic rings. The molecule has 3 N–H and O–H groups in total. The molecule has 0 aromatic heterocycles. The molecule has 2 aliphatic carbocycles. The summed E-state index contributed by atoms with van der Waals surface area (Å²) in [5.74, 6) is 0. The van der Waals surface area contributed by atoms with Crippen LogP contribution in [0, 0.1) is 0 Å². The van der Waals surface area contributed by atoms with E-state index in [1.165, 1.54) is 5.56 Å². The SMILES string of the molecule is CN(C)[C@]1(c2ccccc2)CC[C@]2(CC1)CNC(O)N2CC1(O)CCC1. The van der Waals surface area contributed by atoms with Gasteiger partial charge in [-0.05, 0) is 64.6 Å². The Hall–Kier alpha value is -0.980. The molecule has 1 heterocycles. The minimum atomic E-state index is -0.636. The first kappa shape index (κ1) is 18.4. The molecule has 5 heteroatoms. The zero-order chi connectivity index (χ0) is 18.4.